The zero-order chi connectivity index (χ0) is 23.5. The molecule has 2 aromatic carbocycles. The van der Waals surface area contributed by atoms with Gasteiger partial charge in [-0.3, -0.25) is 14.2 Å². The van der Waals surface area contributed by atoms with E-state index < -0.39 is 0 Å². The second-order valence-electron chi connectivity index (χ2n) is 9.08. The lowest BCUT2D eigenvalue weighted by Gasteiger charge is -2.32. The fourth-order valence-electron chi connectivity index (χ4n) is 4.55. The van der Waals surface area contributed by atoms with Crippen LogP contribution >= 0.6 is 0 Å². The lowest BCUT2D eigenvalue weighted by atomic mass is 10.0. The van der Waals surface area contributed by atoms with Crippen LogP contribution in [-0.4, -0.2) is 45.5 Å². The second kappa shape index (κ2) is 9.67. The zero-order valence-corrected chi connectivity index (χ0v) is 19.1. The van der Waals surface area contributed by atoms with Crippen molar-refractivity contribution in [3.63, 3.8) is 0 Å². The van der Waals surface area contributed by atoms with Crippen molar-refractivity contribution < 1.29 is 9.59 Å². The number of aryl methyl sites for hydroxylation is 1. The van der Waals surface area contributed by atoms with Crippen molar-refractivity contribution in [2.75, 3.05) is 18.4 Å². The number of fused-ring (bicyclic) bond motifs is 1. The van der Waals surface area contributed by atoms with E-state index in [0.717, 1.165) is 31.4 Å². The van der Waals surface area contributed by atoms with E-state index in [1.54, 1.807) is 9.47 Å². The van der Waals surface area contributed by atoms with Gasteiger partial charge in [0.15, 0.2) is 0 Å². The molecule has 5 rings (SSSR count). The third-order valence-electron chi connectivity index (χ3n) is 6.54. The molecule has 2 N–H and O–H groups in total. The van der Waals surface area contributed by atoms with Gasteiger partial charge in [0.1, 0.15) is 5.82 Å². The molecular formula is C26H29N5O3. The summed E-state index contributed by atoms with van der Waals surface area (Å²) >= 11 is 0. The lowest BCUT2D eigenvalue weighted by Crippen LogP contribution is -2.47. The molecule has 176 valence electrons. The summed E-state index contributed by atoms with van der Waals surface area (Å²) in [5.74, 6) is 0.644. The minimum atomic E-state index is -0.114. The first kappa shape index (κ1) is 22.1. The van der Waals surface area contributed by atoms with Gasteiger partial charge in [-0.25, -0.2) is 9.78 Å². The summed E-state index contributed by atoms with van der Waals surface area (Å²) in [7, 11) is 0. The third-order valence-corrected chi connectivity index (χ3v) is 6.54. The molecule has 34 heavy (non-hydrogen) atoms. The van der Waals surface area contributed by atoms with Crippen LogP contribution in [0.2, 0.25) is 0 Å². The molecule has 3 amide bonds. The number of carbonyl (C=O) groups excluding carboxylic acids is 2. The highest BCUT2D eigenvalue weighted by Crippen LogP contribution is 2.34. The van der Waals surface area contributed by atoms with Crippen LogP contribution in [0.5, 0.6) is 0 Å². The molecule has 0 radical (unpaired) electrons. The SMILES string of the molecule is O=C(CCc1nc2ccccc2c(=O)n1C1CC1)NC1CCN(C(=O)Nc2ccccc2)CC1. The monoisotopic (exact) mass is 459 g/mol. The number of urea groups is 1. The second-order valence-corrected chi connectivity index (χ2v) is 9.08. The normalized spacial score (nSPS) is 16.4. The van der Waals surface area contributed by atoms with E-state index in [2.05, 4.69) is 10.6 Å². The van der Waals surface area contributed by atoms with Crippen LogP contribution < -0.4 is 16.2 Å². The number of benzene rings is 2. The Balaban J connectivity index is 1.14. The van der Waals surface area contributed by atoms with E-state index >= 15 is 0 Å². The van der Waals surface area contributed by atoms with Crippen LogP contribution in [0.1, 0.15) is 44.0 Å². The van der Waals surface area contributed by atoms with E-state index in [1.807, 2.05) is 54.6 Å². The first-order chi connectivity index (χ1) is 16.6. The number of carbonyl (C=O) groups is 2. The smallest absolute Gasteiger partial charge is 0.321 e. The number of hydrogen-bond acceptors (Lipinski definition) is 4. The van der Waals surface area contributed by atoms with E-state index in [4.69, 9.17) is 4.98 Å². The Labute approximate surface area is 198 Å². The maximum absolute atomic E-state index is 13.0. The molecule has 2 fully saturated rings. The van der Waals surface area contributed by atoms with Crippen LogP contribution in [0.3, 0.4) is 0 Å². The molecule has 1 aliphatic carbocycles. The Morgan fingerprint density at radius 2 is 1.65 bits per heavy atom. The lowest BCUT2D eigenvalue weighted by molar-refractivity contribution is -0.122. The summed E-state index contributed by atoms with van der Waals surface area (Å²) in [4.78, 5) is 44.6. The number of para-hydroxylation sites is 2. The highest BCUT2D eigenvalue weighted by atomic mass is 16.2. The number of anilines is 1. The number of rotatable bonds is 6. The van der Waals surface area contributed by atoms with Crippen LogP contribution in [0.25, 0.3) is 10.9 Å². The third kappa shape index (κ3) is 4.95. The average molecular weight is 460 g/mol. The minimum absolute atomic E-state index is 0.00957. The average Bonchev–Trinajstić information content (AvgIpc) is 3.69. The number of amides is 3. The summed E-state index contributed by atoms with van der Waals surface area (Å²) in [5.41, 5.74) is 1.44. The highest BCUT2D eigenvalue weighted by Gasteiger charge is 2.29. The van der Waals surface area contributed by atoms with Gasteiger partial charge in [0.05, 0.1) is 10.9 Å². The number of piperidine rings is 1. The Bertz CT molecular complexity index is 1240. The maximum Gasteiger partial charge on any atom is 0.321 e. The summed E-state index contributed by atoms with van der Waals surface area (Å²) in [5, 5.41) is 6.64. The molecule has 2 heterocycles. The van der Waals surface area contributed by atoms with Crippen molar-refractivity contribution in [1.29, 1.82) is 0 Å². The molecule has 2 aliphatic rings. The standard InChI is InChI=1S/C26H29N5O3/c32-24(27-19-14-16-30(17-15-19)26(34)28-18-6-2-1-3-7-18)13-12-23-29-22-9-5-4-8-21(22)25(33)31(23)20-10-11-20/h1-9,19-20H,10-17H2,(H,27,32)(H,28,34). The number of likely N-dealkylation sites (tertiary alicyclic amines) is 1. The zero-order valence-electron chi connectivity index (χ0n) is 19.1. The minimum Gasteiger partial charge on any atom is -0.353 e. The van der Waals surface area contributed by atoms with Crippen molar-refractivity contribution in [3.8, 4) is 0 Å². The molecule has 8 nitrogen and oxygen atoms in total. The van der Waals surface area contributed by atoms with Crippen molar-refractivity contribution in [2.45, 2.75) is 50.6 Å². The van der Waals surface area contributed by atoms with Crippen molar-refractivity contribution >= 4 is 28.5 Å². The van der Waals surface area contributed by atoms with Crippen molar-refractivity contribution in [2.24, 2.45) is 0 Å². The van der Waals surface area contributed by atoms with Crippen LogP contribution in [-0.2, 0) is 11.2 Å². The summed E-state index contributed by atoms with van der Waals surface area (Å²) in [6.07, 6.45) is 4.11. The molecule has 1 saturated heterocycles. The molecule has 3 aromatic rings. The predicted molar refractivity (Wildman–Crippen MR) is 131 cm³/mol. The summed E-state index contributed by atoms with van der Waals surface area (Å²) < 4.78 is 1.79. The molecule has 0 unspecified atom stereocenters. The van der Waals surface area contributed by atoms with Gasteiger partial charge in [0, 0.05) is 43.7 Å². The molecule has 0 spiro atoms. The Kier molecular flexibility index (Phi) is 6.29. The van der Waals surface area contributed by atoms with Crippen molar-refractivity contribution in [3.05, 3.63) is 70.8 Å². The van der Waals surface area contributed by atoms with E-state index in [0.29, 0.717) is 36.2 Å². The Hall–Kier alpha value is -3.68. The summed E-state index contributed by atoms with van der Waals surface area (Å²) in [6.45, 7) is 1.19. The quantitative estimate of drug-likeness (QED) is 0.590. The topological polar surface area (TPSA) is 96.3 Å². The first-order valence-electron chi connectivity index (χ1n) is 12.0. The van der Waals surface area contributed by atoms with Gasteiger partial charge in [-0.15, -0.1) is 0 Å². The van der Waals surface area contributed by atoms with Gasteiger partial charge in [-0.2, -0.15) is 0 Å². The molecule has 8 heteroatoms. The van der Waals surface area contributed by atoms with E-state index in [9.17, 15) is 14.4 Å². The van der Waals surface area contributed by atoms with Gasteiger partial charge < -0.3 is 15.5 Å². The van der Waals surface area contributed by atoms with E-state index in [1.165, 1.54) is 0 Å². The fourth-order valence-corrected chi connectivity index (χ4v) is 4.55. The molecule has 0 atom stereocenters. The number of nitrogens with zero attached hydrogens (tertiary/aromatic N) is 3. The first-order valence-corrected chi connectivity index (χ1v) is 12.0. The van der Waals surface area contributed by atoms with Crippen LogP contribution in [0, 0.1) is 0 Å². The largest absolute Gasteiger partial charge is 0.353 e. The Morgan fingerprint density at radius 3 is 2.38 bits per heavy atom. The van der Waals surface area contributed by atoms with Gasteiger partial charge in [-0.1, -0.05) is 30.3 Å². The number of aromatic nitrogens is 2. The van der Waals surface area contributed by atoms with Crippen LogP contribution in [0.15, 0.2) is 59.4 Å². The molecule has 1 aromatic heterocycles. The molecule has 1 saturated carbocycles. The fraction of sp³-hybridized carbons (Fsp3) is 0.385. The number of nitrogens with one attached hydrogen (secondary N) is 2. The van der Waals surface area contributed by atoms with Crippen LogP contribution in [0.4, 0.5) is 10.5 Å². The van der Waals surface area contributed by atoms with E-state index in [-0.39, 0.29) is 36.0 Å². The van der Waals surface area contributed by atoms with Gasteiger partial charge in [0.25, 0.3) is 5.56 Å². The predicted octanol–water partition coefficient (Wildman–Crippen LogP) is 3.48. The summed E-state index contributed by atoms with van der Waals surface area (Å²) in [6, 6.07) is 16.9. The molecule has 0 bridgehead atoms. The van der Waals surface area contributed by atoms with Gasteiger partial charge >= 0.3 is 6.03 Å². The maximum atomic E-state index is 13.0. The van der Waals surface area contributed by atoms with Gasteiger partial charge in [0.2, 0.25) is 5.91 Å². The molecule has 1 aliphatic heterocycles. The Morgan fingerprint density at radius 1 is 0.941 bits per heavy atom. The number of hydrogen-bond donors (Lipinski definition) is 2. The highest BCUT2D eigenvalue weighted by molar-refractivity contribution is 5.89. The van der Waals surface area contributed by atoms with Crippen molar-refractivity contribution in [1.82, 2.24) is 19.8 Å². The molecular weight excluding hydrogens is 430 g/mol. The van der Waals surface area contributed by atoms with Gasteiger partial charge in [-0.05, 0) is 49.9 Å².